The average Bonchev–Trinajstić information content (AvgIpc) is 2.19. The van der Waals surface area contributed by atoms with E-state index in [-0.39, 0.29) is 0 Å². The average molecular weight is 208 g/mol. The van der Waals surface area contributed by atoms with Crippen molar-refractivity contribution in [1.29, 1.82) is 0 Å². The minimum absolute atomic E-state index is 0.636. The van der Waals surface area contributed by atoms with E-state index in [4.69, 9.17) is 11.6 Å². The first-order valence-corrected chi connectivity index (χ1v) is 4.70. The van der Waals surface area contributed by atoms with Gasteiger partial charge in [0.15, 0.2) is 0 Å². The van der Waals surface area contributed by atoms with Crippen LogP contribution in [0.25, 0.3) is 10.9 Å². The Morgan fingerprint density at radius 2 is 2.07 bits per heavy atom. The van der Waals surface area contributed by atoms with Gasteiger partial charge in [0.1, 0.15) is 0 Å². The summed E-state index contributed by atoms with van der Waals surface area (Å²) in [4.78, 5) is 8.59. The van der Waals surface area contributed by atoms with E-state index in [1.165, 1.54) is 0 Å². The number of anilines is 1. The highest BCUT2D eigenvalue weighted by Crippen LogP contribution is 2.20. The van der Waals surface area contributed by atoms with Crippen LogP contribution >= 0.6 is 11.6 Å². The van der Waals surface area contributed by atoms with E-state index in [9.17, 15) is 0 Å². The first-order valence-electron chi connectivity index (χ1n) is 4.32. The Balaban J connectivity index is 2.76. The molecule has 0 atom stereocenters. The summed E-state index contributed by atoms with van der Waals surface area (Å²) >= 11 is 5.89. The van der Waals surface area contributed by atoms with E-state index in [1.54, 1.807) is 7.05 Å². The van der Waals surface area contributed by atoms with Gasteiger partial charge in [-0.25, -0.2) is 9.97 Å². The van der Waals surface area contributed by atoms with Crippen LogP contribution in [0.3, 0.4) is 0 Å². The predicted molar refractivity (Wildman–Crippen MR) is 58.8 cm³/mol. The van der Waals surface area contributed by atoms with E-state index >= 15 is 0 Å². The molecule has 0 spiro atoms. The van der Waals surface area contributed by atoms with Crippen LogP contribution in [-0.2, 0) is 0 Å². The minimum Gasteiger partial charge on any atom is -0.357 e. The number of benzene rings is 1. The molecule has 0 unspecified atom stereocenters. The molecule has 0 bridgehead atoms. The molecule has 1 heterocycles. The molecular formula is C10H10ClN3. The summed E-state index contributed by atoms with van der Waals surface area (Å²) < 4.78 is 0. The van der Waals surface area contributed by atoms with Gasteiger partial charge in [-0.1, -0.05) is 11.6 Å². The quantitative estimate of drug-likeness (QED) is 0.781. The number of nitrogens with zero attached hydrogens (tertiary/aromatic N) is 2. The molecule has 1 aromatic carbocycles. The fourth-order valence-electron chi connectivity index (χ4n) is 1.37. The highest BCUT2D eigenvalue weighted by molar-refractivity contribution is 6.31. The van der Waals surface area contributed by atoms with E-state index in [0.717, 1.165) is 16.6 Å². The van der Waals surface area contributed by atoms with Crippen molar-refractivity contribution in [3.8, 4) is 0 Å². The summed E-state index contributed by atoms with van der Waals surface area (Å²) in [6.07, 6.45) is 0. The number of hydrogen-bond acceptors (Lipinski definition) is 3. The summed E-state index contributed by atoms with van der Waals surface area (Å²) in [5.74, 6) is 0.636. The predicted octanol–water partition coefficient (Wildman–Crippen LogP) is 2.63. The van der Waals surface area contributed by atoms with Crippen LogP contribution in [0.2, 0.25) is 5.02 Å². The molecule has 0 aliphatic heterocycles. The second-order valence-electron chi connectivity index (χ2n) is 3.04. The number of hydrogen-bond donors (Lipinski definition) is 1. The zero-order valence-corrected chi connectivity index (χ0v) is 8.76. The molecule has 3 nitrogen and oxygen atoms in total. The van der Waals surface area contributed by atoms with Crippen molar-refractivity contribution >= 4 is 28.5 Å². The van der Waals surface area contributed by atoms with E-state index in [2.05, 4.69) is 15.3 Å². The lowest BCUT2D eigenvalue weighted by molar-refractivity contribution is 1.14. The standard InChI is InChI=1S/C10H10ClN3/c1-6-8-5-7(11)3-4-9(8)14-10(12-2)13-6/h3-5H,1-2H3,(H,12,13,14). The molecule has 1 N–H and O–H groups in total. The Labute approximate surface area is 87.1 Å². The van der Waals surface area contributed by atoms with Crippen LogP contribution in [-0.4, -0.2) is 17.0 Å². The third-order valence-electron chi connectivity index (χ3n) is 2.07. The number of halogens is 1. The van der Waals surface area contributed by atoms with Gasteiger partial charge in [0, 0.05) is 17.5 Å². The van der Waals surface area contributed by atoms with Gasteiger partial charge in [-0.2, -0.15) is 0 Å². The fourth-order valence-corrected chi connectivity index (χ4v) is 1.54. The fraction of sp³-hybridized carbons (Fsp3) is 0.200. The largest absolute Gasteiger partial charge is 0.357 e. The molecule has 0 aliphatic rings. The topological polar surface area (TPSA) is 37.8 Å². The van der Waals surface area contributed by atoms with Crippen molar-refractivity contribution in [3.05, 3.63) is 28.9 Å². The van der Waals surface area contributed by atoms with Crippen LogP contribution in [0.5, 0.6) is 0 Å². The maximum absolute atomic E-state index is 5.89. The molecule has 0 aliphatic carbocycles. The molecular weight excluding hydrogens is 198 g/mol. The zero-order valence-electron chi connectivity index (χ0n) is 8.00. The summed E-state index contributed by atoms with van der Waals surface area (Å²) in [6, 6.07) is 5.61. The van der Waals surface area contributed by atoms with Gasteiger partial charge in [-0.3, -0.25) is 0 Å². The first-order chi connectivity index (χ1) is 6.70. The van der Waals surface area contributed by atoms with Crippen molar-refractivity contribution in [1.82, 2.24) is 9.97 Å². The van der Waals surface area contributed by atoms with Crippen LogP contribution in [0.1, 0.15) is 5.69 Å². The normalized spacial score (nSPS) is 10.5. The SMILES string of the molecule is CNc1nc(C)c2cc(Cl)ccc2n1. The van der Waals surface area contributed by atoms with Crippen molar-refractivity contribution in [2.75, 3.05) is 12.4 Å². The van der Waals surface area contributed by atoms with Crippen LogP contribution in [0.15, 0.2) is 18.2 Å². The Morgan fingerprint density at radius 3 is 2.79 bits per heavy atom. The second kappa shape index (κ2) is 3.42. The van der Waals surface area contributed by atoms with Crippen molar-refractivity contribution in [2.24, 2.45) is 0 Å². The third-order valence-corrected chi connectivity index (χ3v) is 2.31. The van der Waals surface area contributed by atoms with Crippen LogP contribution < -0.4 is 5.32 Å². The van der Waals surface area contributed by atoms with Crippen LogP contribution in [0.4, 0.5) is 5.95 Å². The molecule has 0 radical (unpaired) electrons. The van der Waals surface area contributed by atoms with Gasteiger partial charge in [0.25, 0.3) is 0 Å². The molecule has 1 aromatic heterocycles. The molecule has 0 saturated heterocycles. The molecule has 0 fully saturated rings. The van der Waals surface area contributed by atoms with Gasteiger partial charge in [-0.05, 0) is 25.1 Å². The Bertz CT molecular complexity index is 482. The van der Waals surface area contributed by atoms with Crippen LogP contribution in [0, 0.1) is 6.92 Å². The Hall–Kier alpha value is -1.35. The van der Waals surface area contributed by atoms with Gasteiger partial charge >= 0.3 is 0 Å². The zero-order chi connectivity index (χ0) is 10.1. The van der Waals surface area contributed by atoms with E-state index in [1.807, 2.05) is 25.1 Å². The monoisotopic (exact) mass is 207 g/mol. The van der Waals surface area contributed by atoms with E-state index < -0.39 is 0 Å². The summed E-state index contributed by atoms with van der Waals surface area (Å²) in [5.41, 5.74) is 1.84. The third kappa shape index (κ3) is 1.51. The Kier molecular flexibility index (Phi) is 2.25. The maximum Gasteiger partial charge on any atom is 0.223 e. The van der Waals surface area contributed by atoms with Gasteiger partial charge in [-0.15, -0.1) is 0 Å². The highest BCUT2D eigenvalue weighted by atomic mass is 35.5. The van der Waals surface area contributed by atoms with Gasteiger partial charge in [0.2, 0.25) is 5.95 Å². The first kappa shape index (κ1) is 9.21. The number of rotatable bonds is 1. The Morgan fingerprint density at radius 1 is 1.29 bits per heavy atom. The number of nitrogens with one attached hydrogen (secondary N) is 1. The lowest BCUT2D eigenvalue weighted by Gasteiger charge is -2.04. The van der Waals surface area contributed by atoms with Crippen molar-refractivity contribution < 1.29 is 0 Å². The van der Waals surface area contributed by atoms with Gasteiger partial charge in [0.05, 0.1) is 11.2 Å². The lowest BCUT2D eigenvalue weighted by Crippen LogP contribution is -1.98. The molecule has 2 aromatic rings. The number of aromatic nitrogens is 2. The molecule has 14 heavy (non-hydrogen) atoms. The molecule has 72 valence electrons. The highest BCUT2D eigenvalue weighted by Gasteiger charge is 2.03. The molecule has 0 saturated carbocycles. The van der Waals surface area contributed by atoms with E-state index in [0.29, 0.717) is 11.0 Å². The summed E-state index contributed by atoms with van der Waals surface area (Å²) in [7, 11) is 1.80. The summed E-state index contributed by atoms with van der Waals surface area (Å²) in [6.45, 7) is 1.95. The van der Waals surface area contributed by atoms with Crippen molar-refractivity contribution in [2.45, 2.75) is 6.92 Å². The van der Waals surface area contributed by atoms with Crippen molar-refractivity contribution in [3.63, 3.8) is 0 Å². The molecule has 2 rings (SSSR count). The molecule has 0 amide bonds. The molecule has 4 heteroatoms. The summed E-state index contributed by atoms with van der Waals surface area (Å²) in [5, 5.41) is 4.63. The second-order valence-corrected chi connectivity index (χ2v) is 3.48. The smallest absolute Gasteiger partial charge is 0.223 e. The number of fused-ring (bicyclic) bond motifs is 1. The maximum atomic E-state index is 5.89. The van der Waals surface area contributed by atoms with Gasteiger partial charge < -0.3 is 5.32 Å². The number of aryl methyl sites for hydroxylation is 1. The minimum atomic E-state index is 0.636. The lowest BCUT2D eigenvalue weighted by atomic mass is 10.2.